The normalized spacial score (nSPS) is 15.8. The number of hydrogen-bond donors (Lipinski definition) is 2. The Morgan fingerprint density at radius 2 is 1.83 bits per heavy atom. The van der Waals surface area contributed by atoms with Gasteiger partial charge in [0.1, 0.15) is 0 Å². The lowest BCUT2D eigenvalue weighted by atomic mass is 9.91. The van der Waals surface area contributed by atoms with Gasteiger partial charge in [-0.25, -0.2) is 0 Å². The van der Waals surface area contributed by atoms with Gasteiger partial charge in [-0.1, -0.05) is 18.2 Å². The fraction of sp³-hybridized carbons (Fsp3) is 0.292. The first-order chi connectivity index (χ1) is 14.6. The van der Waals surface area contributed by atoms with Gasteiger partial charge >= 0.3 is 0 Å². The molecule has 2 N–H and O–H groups in total. The van der Waals surface area contributed by atoms with Crippen LogP contribution in [-0.2, 0) is 17.6 Å². The first kappa shape index (κ1) is 19.9. The Hall–Kier alpha value is -3.41. The van der Waals surface area contributed by atoms with Crippen molar-refractivity contribution in [1.82, 2.24) is 10.3 Å². The molecule has 1 aliphatic rings. The van der Waals surface area contributed by atoms with Gasteiger partial charge in [-0.15, -0.1) is 0 Å². The monoisotopic (exact) mass is 406 g/mol. The van der Waals surface area contributed by atoms with Crippen LogP contribution in [0.5, 0.6) is 17.2 Å². The molecule has 0 saturated heterocycles. The van der Waals surface area contributed by atoms with Crippen LogP contribution in [0.25, 0.3) is 17.0 Å². The number of hydrogen-bond acceptors (Lipinski definition) is 4. The third kappa shape index (κ3) is 3.85. The minimum atomic E-state index is -0.114. The molecule has 156 valence electrons. The molecular weight excluding hydrogens is 380 g/mol. The van der Waals surface area contributed by atoms with Crippen molar-refractivity contribution < 1.29 is 19.0 Å². The molecule has 0 spiro atoms. The van der Waals surface area contributed by atoms with Crippen molar-refractivity contribution >= 4 is 22.9 Å². The summed E-state index contributed by atoms with van der Waals surface area (Å²) in [5.41, 5.74) is 4.56. The number of amides is 1. The van der Waals surface area contributed by atoms with Crippen molar-refractivity contribution in [1.29, 1.82) is 0 Å². The maximum atomic E-state index is 12.5. The molecule has 0 saturated carbocycles. The summed E-state index contributed by atoms with van der Waals surface area (Å²) in [4.78, 5) is 16.0. The molecule has 0 radical (unpaired) electrons. The van der Waals surface area contributed by atoms with Crippen LogP contribution < -0.4 is 19.5 Å². The predicted molar refractivity (Wildman–Crippen MR) is 117 cm³/mol. The summed E-state index contributed by atoms with van der Waals surface area (Å²) < 4.78 is 16.1. The van der Waals surface area contributed by atoms with E-state index >= 15 is 0 Å². The Morgan fingerprint density at radius 1 is 1.10 bits per heavy atom. The van der Waals surface area contributed by atoms with Crippen LogP contribution in [0.4, 0.5) is 0 Å². The van der Waals surface area contributed by atoms with Crippen molar-refractivity contribution in [2.75, 3.05) is 21.3 Å². The molecule has 1 amide bonds. The summed E-state index contributed by atoms with van der Waals surface area (Å²) in [5.74, 6) is 1.52. The van der Waals surface area contributed by atoms with Gasteiger partial charge in [-0.2, -0.15) is 0 Å². The molecule has 6 nitrogen and oxygen atoms in total. The van der Waals surface area contributed by atoms with Crippen molar-refractivity contribution in [3.8, 4) is 17.2 Å². The molecule has 30 heavy (non-hydrogen) atoms. The molecular formula is C24H26N2O4. The molecule has 0 aliphatic heterocycles. The van der Waals surface area contributed by atoms with Crippen LogP contribution in [-0.4, -0.2) is 38.3 Å². The van der Waals surface area contributed by atoms with Crippen molar-refractivity contribution in [2.45, 2.75) is 25.3 Å². The molecule has 4 rings (SSSR count). The summed E-state index contributed by atoms with van der Waals surface area (Å²) >= 11 is 0. The van der Waals surface area contributed by atoms with Crippen molar-refractivity contribution in [3.63, 3.8) is 0 Å². The Labute approximate surface area is 175 Å². The van der Waals surface area contributed by atoms with E-state index in [1.54, 1.807) is 33.5 Å². The first-order valence-electron chi connectivity index (χ1n) is 10.00. The molecule has 1 atom stereocenters. The average Bonchev–Trinajstić information content (AvgIpc) is 3.14. The van der Waals surface area contributed by atoms with E-state index < -0.39 is 0 Å². The maximum Gasteiger partial charge on any atom is 0.244 e. The zero-order chi connectivity index (χ0) is 21.1. The van der Waals surface area contributed by atoms with Crippen LogP contribution in [0.3, 0.4) is 0 Å². The number of carbonyl (C=O) groups excluding carboxylic acids is 1. The number of aromatic nitrogens is 1. The second kappa shape index (κ2) is 8.53. The predicted octanol–water partition coefficient (Wildman–Crippen LogP) is 3.88. The van der Waals surface area contributed by atoms with E-state index in [1.165, 1.54) is 16.6 Å². The van der Waals surface area contributed by atoms with E-state index in [9.17, 15) is 4.79 Å². The second-order valence-electron chi connectivity index (χ2n) is 7.37. The number of H-pyrrole nitrogens is 1. The summed E-state index contributed by atoms with van der Waals surface area (Å²) in [6, 6.07) is 12.1. The molecule has 0 fully saturated rings. The molecule has 0 bridgehead atoms. The topological polar surface area (TPSA) is 72.6 Å². The van der Waals surface area contributed by atoms with E-state index in [4.69, 9.17) is 14.2 Å². The van der Waals surface area contributed by atoms with Crippen molar-refractivity contribution in [3.05, 3.63) is 59.3 Å². The molecule has 1 aromatic heterocycles. The lowest BCUT2D eigenvalue weighted by Crippen LogP contribution is -2.37. The molecule has 6 heteroatoms. The van der Waals surface area contributed by atoms with Crippen LogP contribution in [0, 0.1) is 0 Å². The quantitative estimate of drug-likeness (QED) is 0.610. The average molecular weight is 406 g/mol. The van der Waals surface area contributed by atoms with Crippen LogP contribution in [0.2, 0.25) is 0 Å². The van der Waals surface area contributed by atoms with E-state index in [-0.39, 0.29) is 11.9 Å². The Kier molecular flexibility index (Phi) is 5.65. The molecule has 1 heterocycles. The van der Waals surface area contributed by atoms with Gasteiger partial charge in [-0.05, 0) is 54.7 Å². The van der Waals surface area contributed by atoms with Gasteiger partial charge in [0.15, 0.2) is 11.5 Å². The Balaban J connectivity index is 1.46. The number of rotatable bonds is 6. The highest BCUT2D eigenvalue weighted by atomic mass is 16.5. The number of methoxy groups -OCH3 is 3. The van der Waals surface area contributed by atoms with Gasteiger partial charge < -0.3 is 24.5 Å². The van der Waals surface area contributed by atoms with Crippen LogP contribution >= 0.6 is 0 Å². The number of fused-ring (bicyclic) bond motifs is 3. The van der Waals surface area contributed by atoms with Gasteiger partial charge in [-0.3, -0.25) is 4.79 Å². The van der Waals surface area contributed by atoms with Crippen LogP contribution in [0.15, 0.2) is 42.5 Å². The van der Waals surface area contributed by atoms with E-state index in [0.717, 1.165) is 30.3 Å². The minimum Gasteiger partial charge on any atom is -0.493 e. The summed E-state index contributed by atoms with van der Waals surface area (Å²) in [7, 11) is 4.70. The van der Waals surface area contributed by atoms with Gasteiger partial charge in [0, 0.05) is 28.7 Å². The largest absolute Gasteiger partial charge is 0.493 e. The molecule has 3 aromatic rings. The Bertz CT molecular complexity index is 1070. The number of nitrogens with one attached hydrogen (secondary N) is 2. The standard InChI is InChI=1S/C24H26N2O4/c1-28-21-12-15(13-22(29-2)24(21)30-3)8-11-23(27)25-16-9-10-20-18(14-16)17-6-4-5-7-19(17)26-20/h4-8,11-13,16,26H,9-10,14H2,1-3H3,(H,25,27)/b11-8+. The first-order valence-corrected chi connectivity index (χ1v) is 10.00. The van der Waals surface area contributed by atoms with Gasteiger partial charge in [0.25, 0.3) is 0 Å². The maximum absolute atomic E-state index is 12.5. The highest BCUT2D eigenvalue weighted by molar-refractivity contribution is 5.92. The highest BCUT2D eigenvalue weighted by Crippen LogP contribution is 2.38. The smallest absolute Gasteiger partial charge is 0.244 e. The number of carbonyl (C=O) groups is 1. The summed E-state index contributed by atoms with van der Waals surface area (Å²) in [6.45, 7) is 0. The zero-order valence-corrected chi connectivity index (χ0v) is 17.5. The number of benzene rings is 2. The lowest BCUT2D eigenvalue weighted by Gasteiger charge is -2.23. The number of para-hydroxylation sites is 1. The van der Waals surface area contributed by atoms with Gasteiger partial charge in [0.2, 0.25) is 11.7 Å². The zero-order valence-electron chi connectivity index (χ0n) is 17.5. The molecule has 1 unspecified atom stereocenters. The Morgan fingerprint density at radius 3 is 2.53 bits per heavy atom. The van der Waals surface area contributed by atoms with E-state index in [0.29, 0.717) is 17.2 Å². The lowest BCUT2D eigenvalue weighted by molar-refractivity contribution is -0.117. The van der Waals surface area contributed by atoms with E-state index in [2.05, 4.69) is 28.5 Å². The molecule has 1 aliphatic carbocycles. The SMILES string of the molecule is COc1cc(/C=C/C(=O)NC2CCc3[nH]c4ccccc4c3C2)cc(OC)c1OC. The fourth-order valence-corrected chi connectivity index (χ4v) is 4.11. The number of aromatic amines is 1. The van der Waals surface area contributed by atoms with E-state index in [1.807, 2.05) is 18.2 Å². The molecule has 2 aromatic carbocycles. The summed E-state index contributed by atoms with van der Waals surface area (Å²) in [6.07, 6.45) is 5.99. The number of ether oxygens (including phenoxy) is 3. The van der Waals surface area contributed by atoms with Gasteiger partial charge in [0.05, 0.1) is 21.3 Å². The minimum absolute atomic E-state index is 0.114. The van der Waals surface area contributed by atoms with Crippen LogP contribution in [0.1, 0.15) is 23.2 Å². The second-order valence-corrected chi connectivity index (χ2v) is 7.37. The third-order valence-electron chi connectivity index (χ3n) is 5.56. The highest BCUT2D eigenvalue weighted by Gasteiger charge is 2.23. The van der Waals surface area contributed by atoms with Crippen molar-refractivity contribution in [2.24, 2.45) is 0 Å². The third-order valence-corrected chi connectivity index (χ3v) is 5.56. The fourth-order valence-electron chi connectivity index (χ4n) is 4.11. The number of aryl methyl sites for hydroxylation is 1. The summed E-state index contributed by atoms with van der Waals surface area (Å²) in [5, 5.41) is 4.39.